The molecule has 0 radical (unpaired) electrons. The summed E-state index contributed by atoms with van der Waals surface area (Å²) < 4.78 is 17.5. The molecule has 0 aliphatic heterocycles. The van der Waals surface area contributed by atoms with Gasteiger partial charge in [0, 0.05) is 6.42 Å². The maximum Gasteiger partial charge on any atom is 0.437 e. The van der Waals surface area contributed by atoms with Crippen molar-refractivity contribution in [3.8, 4) is 5.75 Å². The minimum Gasteiger partial charge on any atom is -0.476 e. The monoisotopic (exact) mass is 452 g/mol. The standard InChI is InChI=1S/C26H32N2O5/c1-6-31-24(29)26(4,5)33-22-14-12-20(13-15-22)8-7-9-23-27-28(25(30)32-23)17-21-11-10-18(2)19(3)16-21/h10-16H,6-9,17H2,1-5H3. The van der Waals surface area contributed by atoms with E-state index in [4.69, 9.17) is 13.9 Å². The molecule has 1 aromatic heterocycles. The number of hydrogen-bond donors (Lipinski definition) is 0. The number of carbonyl (C=O) groups excluding carboxylic acids is 1. The van der Waals surface area contributed by atoms with Gasteiger partial charge in [-0.3, -0.25) is 0 Å². The Balaban J connectivity index is 1.52. The van der Waals surface area contributed by atoms with E-state index in [0.717, 1.165) is 24.0 Å². The molecule has 0 fully saturated rings. The van der Waals surface area contributed by atoms with Crippen LogP contribution in [0.4, 0.5) is 0 Å². The van der Waals surface area contributed by atoms with Gasteiger partial charge in [-0.2, -0.15) is 4.68 Å². The fourth-order valence-electron chi connectivity index (χ4n) is 3.43. The Bertz CT molecular complexity index is 1140. The molecule has 33 heavy (non-hydrogen) atoms. The van der Waals surface area contributed by atoms with Crippen LogP contribution in [0.15, 0.2) is 51.7 Å². The van der Waals surface area contributed by atoms with E-state index in [-0.39, 0.29) is 0 Å². The van der Waals surface area contributed by atoms with Crippen LogP contribution in [-0.2, 0) is 28.9 Å². The zero-order valence-electron chi connectivity index (χ0n) is 20.0. The number of nitrogens with zero attached hydrogens (tertiary/aromatic N) is 2. The fraction of sp³-hybridized carbons (Fsp3) is 0.423. The molecule has 176 valence electrons. The highest BCUT2D eigenvalue weighted by Gasteiger charge is 2.31. The number of esters is 1. The lowest BCUT2D eigenvalue weighted by molar-refractivity contribution is -0.158. The van der Waals surface area contributed by atoms with E-state index in [0.29, 0.717) is 31.2 Å². The van der Waals surface area contributed by atoms with E-state index in [2.05, 4.69) is 25.0 Å². The second kappa shape index (κ2) is 10.5. The third kappa shape index (κ3) is 6.57. The van der Waals surface area contributed by atoms with E-state index in [1.165, 1.54) is 15.8 Å². The molecule has 0 bridgehead atoms. The first-order chi connectivity index (χ1) is 15.7. The predicted molar refractivity (Wildman–Crippen MR) is 126 cm³/mol. The van der Waals surface area contributed by atoms with Crippen molar-refractivity contribution in [1.82, 2.24) is 9.78 Å². The number of carbonyl (C=O) groups is 1. The highest BCUT2D eigenvalue weighted by Crippen LogP contribution is 2.21. The maximum absolute atomic E-state index is 12.2. The number of aromatic nitrogens is 2. The van der Waals surface area contributed by atoms with E-state index in [1.54, 1.807) is 20.8 Å². The number of aryl methyl sites for hydroxylation is 4. The minimum absolute atomic E-state index is 0.314. The van der Waals surface area contributed by atoms with Crippen LogP contribution in [0, 0.1) is 13.8 Å². The molecule has 0 saturated heterocycles. The lowest BCUT2D eigenvalue weighted by Gasteiger charge is -2.24. The summed E-state index contributed by atoms with van der Waals surface area (Å²) in [4.78, 5) is 24.1. The first kappa shape index (κ1) is 24.3. The Hall–Kier alpha value is -3.35. The van der Waals surface area contributed by atoms with Crippen LogP contribution in [-0.4, -0.2) is 28.0 Å². The molecule has 0 aliphatic carbocycles. The number of rotatable bonds is 10. The molecule has 0 amide bonds. The van der Waals surface area contributed by atoms with Gasteiger partial charge in [0.25, 0.3) is 0 Å². The van der Waals surface area contributed by atoms with Gasteiger partial charge < -0.3 is 13.9 Å². The molecule has 0 saturated carbocycles. The predicted octanol–water partition coefficient (Wildman–Crippen LogP) is 4.40. The van der Waals surface area contributed by atoms with Crippen LogP contribution in [0.1, 0.15) is 55.3 Å². The Morgan fingerprint density at radius 1 is 1.03 bits per heavy atom. The Morgan fingerprint density at radius 2 is 1.73 bits per heavy atom. The molecular weight excluding hydrogens is 420 g/mol. The van der Waals surface area contributed by atoms with Crippen LogP contribution >= 0.6 is 0 Å². The third-order valence-corrected chi connectivity index (χ3v) is 5.47. The van der Waals surface area contributed by atoms with Crippen LogP contribution in [0.25, 0.3) is 0 Å². The summed E-state index contributed by atoms with van der Waals surface area (Å²) in [6.45, 7) is 9.96. The highest BCUT2D eigenvalue weighted by molar-refractivity contribution is 5.79. The van der Waals surface area contributed by atoms with Crippen molar-refractivity contribution in [2.45, 2.75) is 66.0 Å². The fourth-order valence-corrected chi connectivity index (χ4v) is 3.43. The van der Waals surface area contributed by atoms with E-state index >= 15 is 0 Å². The van der Waals surface area contributed by atoms with Crippen molar-refractivity contribution in [2.24, 2.45) is 0 Å². The summed E-state index contributed by atoms with van der Waals surface area (Å²) in [6.07, 6.45) is 2.16. The topological polar surface area (TPSA) is 83.6 Å². The highest BCUT2D eigenvalue weighted by atomic mass is 16.6. The van der Waals surface area contributed by atoms with Gasteiger partial charge >= 0.3 is 11.7 Å². The van der Waals surface area contributed by atoms with Gasteiger partial charge in [-0.05, 0) is 81.8 Å². The molecule has 0 spiro atoms. The summed E-state index contributed by atoms with van der Waals surface area (Å²) >= 11 is 0. The first-order valence-electron chi connectivity index (χ1n) is 11.3. The molecule has 2 aromatic carbocycles. The third-order valence-electron chi connectivity index (χ3n) is 5.47. The van der Waals surface area contributed by atoms with Gasteiger partial charge in [-0.15, -0.1) is 5.10 Å². The summed E-state index contributed by atoms with van der Waals surface area (Å²) in [6, 6.07) is 13.7. The Labute approximate surface area is 194 Å². The molecule has 0 N–H and O–H groups in total. The quantitative estimate of drug-likeness (QED) is 0.424. The molecule has 1 heterocycles. The van der Waals surface area contributed by atoms with Crippen molar-refractivity contribution in [3.63, 3.8) is 0 Å². The zero-order chi connectivity index (χ0) is 24.0. The molecular formula is C26H32N2O5. The smallest absolute Gasteiger partial charge is 0.437 e. The summed E-state index contributed by atoms with van der Waals surface area (Å²) in [5.41, 5.74) is 3.49. The molecule has 3 aromatic rings. The van der Waals surface area contributed by atoms with Crippen LogP contribution in [0.2, 0.25) is 0 Å². The Morgan fingerprint density at radius 3 is 2.39 bits per heavy atom. The maximum atomic E-state index is 12.2. The van der Waals surface area contributed by atoms with E-state index < -0.39 is 17.3 Å². The molecule has 7 heteroatoms. The Kier molecular flexibility index (Phi) is 7.74. The first-order valence-corrected chi connectivity index (χ1v) is 11.3. The second-order valence-corrected chi connectivity index (χ2v) is 8.67. The molecule has 7 nitrogen and oxygen atoms in total. The van der Waals surface area contributed by atoms with Gasteiger partial charge in [0.05, 0.1) is 13.2 Å². The number of ether oxygens (including phenoxy) is 2. The number of benzene rings is 2. The van der Waals surface area contributed by atoms with Crippen LogP contribution in [0.5, 0.6) is 5.75 Å². The van der Waals surface area contributed by atoms with Gasteiger partial charge in [0.1, 0.15) is 5.75 Å². The normalized spacial score (nSPS) is 11.4. The molecule has 0 atom stereocenters. The average Bonchev–Trinajstić information content (AvgIpc) is 3.11. The average molecular weight is 453 g/mol. The number of hydrogen-bond acceptors (Lipinski definition) is 6. The summed E-state index contributed by atoms with van der Waals surface area (Å²) in [5.74, 6) is 0.217. The second-order valence-electron chi connectivity index (χ2n) is 8.67. The van der Waals surface area contributed by atoms with Crippen molar-refractivity contribution in [2.75, 3.05) is 6.61 Å². The van der Waals surface area contributed by atoms with Crippen molar-refractivity contribution in [3.05, 3.63) is 81.2 Å². The lowest BCUT2D eigenvalue weighted by Crippen LogP contribution is -2.39. The van der Waals surface area contributed by atoms with Gasteiger partial charge in [0.2, 0.25) is 5.89 Å². The summed E-state index contributed by atoms with van der Waals surface area (Å²) in [5, 5.41) is 4.35. The van der Waals surface area contributed by atoms with E-state index in [1.807, 2.05) is 36.4 Å². The largest absolute Gasteiger partial charge is 0.476 e. The van der Waals surface area contributed by atoms with Gasteiger partial charge in [0.15, 0.2) is 5.60 Å². The van der Waals surface area contributed by atoms with E-state index in [9.17, 15) is 9.59 Å². The van der Waals surface area contributed by atoms with Gasteiger partial charge in [-0.25, -0.2) is 9.59 Å². The summed E-state index contributed by atoms with van der Waals surface area (Å²) in [7, 11) is 0. The van der Waals surface area contributed by atoms with Crippen molar-refractivity contribution in [1.29, 1.82) is 0 Å². The SMILES string of the molecule is CCOC(=O)C(C)(C)Oc1ccc(CCCc2nn(Cc3ccc(C)c(C)c3)c(=O)o2)cc1. The molecule has 0 aliphatic rings. The molecule has 0 unspecified atom stereocenters. The van der Waals surface area contributed by atoms with Crippen molar-refractivity contribution < 1.29 is 18.7 Å². The molecule has 3 rings (SSSR count). The van der Waals surface area contributed by atoms with Crippen molar-refractivity contribution >= 4 is 5.97 Å². The van der Waals surface area contributed by atoms with Crippen LogP contribution in [0.3, 0.4) is 0 Å². The van der Waals surface area contributed by atoms with Crippen LogP contribution < -0.4 is 10.5 Å². The lowest BCUT2D eigenvalue weighted by atomic mass is 10.1. The van der Waals surface area contributed by atoms with Gasteiger partial charge in [-0.1, -0.05) is 30.3 Å². The minimum atomic E-state index is -1.05. The zero-order valence-corrected chi connectivity index (χ0v) is 20.0.